The first-order valence-corrected chi connectivity index (χ1v) is 7.22. The van der Waals surface area contributed by atoms with Crippen LogP contribution in [0.5, 0.6) is 11.5 Å². The van der Waals surface area contributed by atoms with Crippen LogP contribution in [0.3, 0.4) is 0 Å². The van der Waals surface area contributed by atoms with Crippen molar-refractivity contribution in [1.29, 1.82) is 0 Å². The molecule has 2 heterocycles. The molecule has 0 saturated carbocycles. The minimum absolute atomic E-state index is 0.657. The van der Waals surface area contributed by atoms with Gasteiger partial charge in [0, 0.05) is 39.1 Å². The van der Waals surface area contributed by atoms with Crippen molar-refractivity contribution < 1.29 is 9.47 Å². The van der Waals surface area contributed by atoms with Crippen molar-refractivity contribution in [1.82, 2.24) is 10.2 Å². The summed E-state index contributed by atoms with van der Waals surface area (Å²) in [6.07, 6.45) is 0.901. The molecule has 2 aliphatic rings. The third-order valence-corrected chi connectivity index (χ3v) is 3.76. The van der Waals surface area contributed by atoms with Crippen LogP contribution in [0.4, 0.5) is 0 Å². The molecule has 1 N–H and O–H groups in total. The van der Waals surface area contributed by atoms with Crippen molar-refractivity contribution in [3.05, 3.63) is 22.7 Å². The van der Waals surface area contributed by atoms with Crippen molar-refractivity contribution in [3.63, 3.8) is 0 Å². The van der Waals surface area contributed by atoms with Gasteiger partial charge in [-0.1, -0.05) is 11.6 Å². The lowest BCUT2D eigenvalue weighted by Gasteiger charge is -2.27. The number of ether oxygens (including phenoxy) is 2. The second-order valence-electron chi connectivity index (χ2n) is 4.98. The first-order valence-electron chi connectivity index (χ1n) is 6.84. The van der Waals surface area contributed by atoms with E-state index in [1.807, 2.05) is 6.07 Å². The fraction of sp³-hybridized carbons (Fsp3) is 0.571. The van der Waals surface area contributed by atoms with E-state index in [-0.39, 0.29) is 0 Å². The van der Waals surface area contributed by atoms with Gasteiger partial charge in [-0.2, -0.15) is 0 Å². The average Bonchev–Trinajstić information content (AvgIpc) is 2.65. The van der Waals surface area contributed by atoms with E-state index in [0.29, 0.717) is 24.0 Å². The van der Waals surface area contributed by atoms with Crippen LogP contribution in [0.1, 0.15) is 12.0 Å². The van der Waals surface area contributed by atoms with Gasteiger partial charge in [0.05, 0.1) is 18.2 Å². The van der Waals surface area contributed by atoms with E-state index < -0.39 is 0 Å². The van der Waals surface area contributed by atoms with Gasteiger partial charge < -0.3 is 14.8 Å². The number of nitrogens with zero attached hydrogens (tertiary/aromatic N) is 1. The number of rotatable bonds is 2. The molecule has 1 fully saturated rings. The Labute approximate surface area is 118 Å². The summed E-state index contributed by atoms with van der Waals surface area (Å²) < 4.78 is 11.4. The SMILES string of the molecule is Clc1cc(CN2CCNCC2)cc2c1OCCCO2. The van der Waals surface area contributed by atoms with Gasteiger partial charge in [0.25, 0.3) is 0 Å². The number of hydrogen-bond donors (Lipinski definition) is 1. The molecule has 0 bridgehead atoms. The Morgan fingerprint density at radius 2 is 1.95 bits per heavy atom. The zero-order valence-corrected chi connectivity index (χ0v) is 11.7. The Hall–Kier alpha value is -0.970. The van der Waals surface area contributed by atoms with Gasteiger partial charge in [-0.25, -0.2) is 0 Å². The van der Waals surface area contributed by atoms with E-state index in [2.05, 4.69) is 16.3 Å². The van der Waals surface area contributed by atoms with Crippen LogP contribution in [-0.4, -0.2) is 44.3 Å². The summed E-state index contributed by atoms with van der Waals surface area (Å²) >= 11 is 6.30. The van der Waals surface area contributed by atoms with Crippen LogP contribution >= 0.6 is 11.6 Å². The second-order valence-corrected chi connectivity index (χ2v) is 5.39. The molecule has 0 radical (unpaired) electrons. The van der Waals surface area contributed by atoms with E-state index in [1.54, 1.807) is 0 Å². The first kappa shape index (κ1) is 13.0. The molecule has 2 aliphatic heterocycles. The van der Waals surface area contributed by atoms with Gasteiger partial charge in [0.2, 0.25) is 0 Å². The van der Waals surface area contributed by atoms with Gasteiger partial charge in [0.15, 0.2) is 11.5 Å². The van der Waals surface area contributed by atoms with Crippen LogP contribution in [0.15, 0.2) is 12.1 Å². The fourth-order valence-corrected chi connectivity index (χ4v) is 2.79. The zero-order chi connectivity index (χ0) is 13.1. The lowest BCUT2D eigenvalue weighted by Crippen LogP contribution is -2.42. The van der Waals surface area contributed by atoms with E-state index in [4.69, 9.17) is 21.1 Å². The highest BCUT2D eigenvalue weighted by atomic mass is 35.5. The van der Waals surface area contributed by atoms with Gasteiger partial charge in [-0.15, -0.1) is 0 Å². The van der Waals surface area contributed by atoms with Crippen LogP contribution in [-0.2, 0) is 6.54 Å². The predicted molar refractivity (Wildman–Crippen MR) is 75.2 cm³/mol. The van der Waals surface area contributed by atoms with Crippen LogP contribution in [0.2, 0.25) is 5.02 Å². The third-order valence-electron chi connectivity index (χ3n) is 3.48. The van der Waals surface area contributed by atoms with Gasteiger partial charge in [-0.3, -0.25) is 4.90 Å². The maximum atomic E-state index is 6.30. The minimum atomic E-state index is 0.657. The summed E-state index contributed by atoms with van der Waals surface area (Å²) in [5.74, 6) is 1.48. The maximum absolute atomic E-state index is 6.30. The molecule has 5 heteroatoms. The van der Waals surface area contributed by atoms with Crippen molar-refractivity contribution in [2.24, 2.45) is 0 Å². The smallest absolute Gasteiger partial charge is 0.179 e. The lowest BCUT2D eigenvalue weighted by molar-refractivity contribution is 0.232. The molecule has 1 aromatic rings. The fourth-order valence-electron chi connectivity index (χ4n) is 2.50. The summed E-state index contributed by atoms with van der Waals surface area (Å²) in [4.78, 5) is 2.42. The summed E-state index contributed by atoms with van der Waals surface area (Å²) in [7, 11) is 0. The minimum Gasteiger partial charge on any atom is -0.489 e. The Bertz CT molecular complexity index is 447. The normalized spacial score (nSPS) is 20.1. The molecule has 0 atom stereocenters. The molecule has 19 heavy (non-hydrogen) atoms. The van der Waals surface area contributed by atoms with Gasteiger partial charge >= 0.3 is 0 Å². The van der Waals surface area contributed by atoms with E-state index >= 15 is 0 Å². The molecule has 0 spiro atoms. The van der Waals surface area contributed by atoms with E-state index in [1.165, 1.54) is 5.56 Å². The highest BCUT2D eigenvalue weighted by Crippen LogP contribution is 2.38. The van der Waals surface area contributed by atoms with Gasteiger partial charge in [-0.05, 0) is 17.7 Å². The summed E-state index contributed by atoms with van der Waals surface area (Å²) in [6.45, 7) is 6.54. The van der Waals surface area contributed by atoms with E-state index in [0.717, 1.165) is 44.9 Å². The molecule has 3 rings (SSSR count). The molecule has 1 saturated heterocycles. The second kappa shape index (κ2) is 5.99. The Kier molecular flexibility index (Phi) is 4.11. The molecule has 0 amide bonds. The monoisotopic (exact) mass is 282 g/mol. The van der Waals surface area contributed by atoms with Crippen molar-refractivity contribution in [2.75, 3.05) is 39.4 Å². The third kappa shape index (κ3) is 3.14. The van der Waals surface area contributed by atoms with Crippen LogP contribution < -0.4 is 14.8 Å². The Morgan fingerprint density at radius 1 is 1.16 bits per heavy atom. The Morgan fingerprint density at radius 3 is 2.79 bits per heavy atom. The molecule has 0 aliphatic carbocycles. The van der Waals surface area contributed by atoms with Crippen LogP contribution in [0.25, 0.3) is 0 Å². The van der Waals surface area contributed by atoms with Gasteiger partial charge in [0.1, 0.15) is 0 Å². The largest absolute Gasteiger partial charge is 0.489 e. The molecule has 104 valence electrons. The highest BCUT2D eigenvalue weighted by Gasteiger charge is 2.17. The number of hydrogen-bond acceptors (Lipinski definition) is 4. The summed E-state index contributed by atoms with van der Waals surface area (Å²) in [5, 5.41) is 4.01. The first-order chi connectivity index (χ1) is 9.33. The van der Waals surface area contributed by atoms with Crippen molar-refractivity contribution in [3.8, 4) is 11.5 Å². The number of fused-ring (bicyclic) bond motifs is 1. The maximum Gasteiger partial charge on any atom is 0.179 e. The standard InChI is InChI=1S/C14H19ClN2O2/c15-12-8-11(10-17-4-2-16-3-5-17)9-13-14(12)19-7-1-6-18-13/h8-9,16H,1-7,10H2. The van der Waals surface area contributed by atoms with E-state index in [9.17, 15) is 0 Å². The molecule has 4 nitrogen and oxygen atoms in total. The number of benzene rings is 1. The summed E-state index contributed by atoms with van der Waals surface area (Å²) in [6, 6.07) is 4.06. The molecule has 1 aromatic carbocycles. The molecule has 0 unspecified atom stereocenters. The molecule has 0 aromatic heterocycles. The van der Waals surface area contributed by atoms with Crippen molar-refractivity contribution in [2.45, 2.75) is 13.0 Å². The lowest BCUT2D eigenvalue weighted by atomic mass is 10.1. The Balaban J connectivity index is 1.78. The average molecular weight is 283 g/mol. The topological polar surface area (TPSA) is 33.7 Å². The van der Waals surface area contributed by atoms with Crippen molar-refractivity contribution >= 4 is 11.6 Å². The summed E-state index contributed by atoms with van der Waals surface area (Å²) in [5.41, 5.74) is 1.19. The number of nitrogens with one attached hydrogen (secondary N) is 1. The predicted octanol–water partition coefficient (Wildman–Crippen LogP) is 1.91. The quantitative estimate of drug-likeness (QED) is 0.898. The molecular formula is C14H19ClN2O2. The highest BCUT2D eigenvalue weighted by molar-refractivity contribution is 6.32. The zero-order valence-electron chi connectivity index (χ0n) is 11.0. The number of halogens is 1. The number of piperazine rings is 1. The van der Waals surface area contributed by atoms with Crippen LogP contribution in [0, 0.1) is 0 Å². The molecular weight excluding hydrogens is 264 g/mol.